The van der Waals surface area contributed by atoms with Crippen LogP contribution in [0, 0.1) is 18.6 Å². The quantitative estimate of drug-likeness (QED) is 0.821. The molecule has 10 heteroatoms. The molecule has 0 aliphatic carbocycles. The Morgan fingerprint density at radius 2 is 2.00 bits per heavy atom. The minimum atomic E-state index is -3.89. The summed E-state index contributed by atoms with van der Waals surface area (Å²) in [5.74, 6) is -4.26. The van der Waals surface area contributed by atoms with Crippen LogP contribution in [-0.4, -0.2) is 36.5 Å². The summed E-state index contributed by atoms with van der Waals surface area (Å²) in [6, 6.07) is 5.09. The van der Waals surface area contributed by atoms with Crippen molar-refractivity contribution in [1.29, 1.82) is 0 Å². The largest absolute Gasteiger partial charge is 0.369 e. The Morgan fingerprint density at radius 3 is 2.59 bits per heavy atom. The van der Waals surface area contributed by atoms with Gasteiger partial charge in [-0.25, -0.2) is 30.9 Å². The van der Waals surface area contributed by atoms with Gasteiger partial charge in [-0.3, -0.25) is 4.98 Å². The highest BCUT2D eigenvalue weighted by molar-refractivity contribution is 7.89. The Hall–Kier alpha value is -2.88. The third kappa shape index (κ3) is 3.98. The molecule has 2 N–H and O–H groups in total. The minimum absolute atomic E-state index is 0.00917. The molecular formula is C19H19F3N4O2S. The van der Waals surface area contributed by atoms with Gasteiger partial charge in [-0.15, -0.1) is 0 Å². The standard InChI is InChI=1S/C19H19F3N4O2S/c1-11-4-5-16(24-9-11)14(20)7-12-6-13(17(22)15(21)8-12)19(2)10-29(27,28)26(3)18(23)25-19/h4-9H,10H2,1-3H3,(H2,23,25)/b14-7-/t19-/m0/s1. The van der Waals surface area contributed by atoms with E-state index >= 15 is 0 Å². The van der Waals surface area contributed by atoms with Crippen LogP contribution >= 0.6 is 0 Å². The zero-order valence-electron chi connectivity index (χ0n) is 15.9. The maximum atomic E-state index is 14.6. The zero-order chi connectivity index (χ0) is 21.6. The average molecular weight is 424 g/mol. The van der Waals surface area contributed by atoms with Crippen molar-refractivity contribution < 1.29 is 21.6 Å². The van der Waals surface area contributed by atoms with Crippen LogP contribution in [0.25, 0.3) is 11.9 Å². The molecule has 29 heavy (non-hydrogen) atoms. The van der Waals surface area contributed by atoms with Gasteiger partial charge in [0.2, 0.25) is 16.0 Å². The van der Waals surface area contributed by atoms with E-state index in [4.69, 9.17) is 5.73 Å². The van der Waals surface area contributed by atoms with Gasteiger partial charge in [0.15, 0.2) is 11.6 Å². The van der Waals surface area contributed by atoms with E-state index in [9.17, 15) is 21.6 Å². The molecule has 6 nitrogen and oxygen atoms in total. The molecular weight excluding hydrogens is 405 g/mol. The summed E-state index contributed by atoms with van der Waals surface area (Å²) in [5, 5.41) is 0. The summed E-state index contributed by atoms with van der Waals surface area (Å²) in [7, 11) is -2.67. The van der Waals surface area contributed by atoms with Crippen LogP contribution in [0.15, 0.2) is 35.5 Å². The number of hydrogen-bond acceptors (Lipinski definition) is 5. The molecule has 1 aromatic heterocycles. The smallest absolute Gasteiger partial charge is 0.239 e. The first-order chi connectivity index (χ1) is 13.4. The predicted octanol–water partition coefficient (Wildman–Crippen LogP) is 2.94. The van der Waals surface area contributed by atoms with Gasteiger partial charge in [-0.2, -0.15) is 0 Å². The highest BCUT2D eigenvalue weighted by atomic mass is 32.2. The Balaban J connectivity index is 2.11. The molecule has 0 unspecified atom stereocenters. The number of benzene rings is 1. The van der Waals surface area contributed by atoms with Crippen LogP contribution in [-0.2, 0) is 15.6 Å². The first-order valence-corrected chi connectivity index (χ1v) is 10.2. The van der Waals surface area contributed by atoms with E-state index in [1.54, 1.807) is 13.0 Å². The second kappa shape index (κ2) is 7.18. The van der Waals surface area contributed by atoms with Gasteiger partial charge in [-0.1, -0.05) is 6.07 Å². The molecule has 0 radical (unpaired) electrons. The van der Waals surface area contributed by atoms with E-state index in [-0.39, 0.29) is 22.8 Å². The summed E-state index contributed by atoms with van der Waals surface area (Å²) in [4.78, 5) is 8.00. The number of sulfonamides is 1. The molecule has 0 bridgehead atoms. The summed E-state index contributed by atoms with van der Waals surface area (Å²) >= 11 is 0. The van der Waals surface area contributed by atoms with E-state index in [1.807, 2.05) is 0 Å². The Kier molecular flexibility index (Phi) is 5.16. The number of halogens is 3. The van der Waals surface area contributed by atoms with Gasteiger partial charge in [0.25, 0.3) is 0 Å². The van der Waals surface area contributed by atoms with Gasteiger partial charge in [0.05, 0.1) is 11.4 Å². The maximum absolute atomic E-state index is 14.6. The lowest BCUT2D eigenvalue weighted by molar-refractivity contribution is 0.435. The van der Waals surface area contributed by atoms with Crippen LogP contribution < -0.4 is 5.73 Å². The van der Waals surface area contributed by atoms with E-state index in [1.165, 1.54) is 26.2 Å². The molecule has 0 amide bonds. The fourth-order valence-electron chi connectivity index (χ4n) is 3.00. The third-order valence-corrected chi connectivity index (χ3v) is 6.59. The highest BCUT2D eigenvalue weighted by Crippen LogP contribution is 2.35. The van der Waals surface area contributed by atoms with Crippen LogP contribution in [0.4, 0.5) is 13.2 Å². The molecule has 1 atom stereocenters. The van der Waals surface area contributed by atoms with Crippen molar-refractivity contribution >= 4 is 27.9 Å². The van der Waals surface area contributed by atoms with Crippen LogP contribution in [0.2, 0.25) is 0 Å². The van der Waals surface area contributed by atoms with Crippen LogP contribution in [0.3, 0.4) is 0 Å². The van der Waals surface area contributed by atoms with Crippen LogP contribution in [0.5, 0.6) is 0 Å². The molecule has 3 rings (SSSR count). The highest BCUT2D eigenvalue weighted by Gasteiger charge is 2.42. The number of aryl methyl sites for hydroxylation is 1. The number of guanidine groups is 1. The van der Waals surface area contributed by atoms with Crippen molar-refractivity contribution in [2.24, 2.45) is 10.7 Å². The minimum Gasteiger partial charge on any atom is -0.369 e. The molecule has 0 saturated carbocycles. The topological polar surface area (TPSA) is 88.7 Å². The summed E-state index contributed by atoms with van der Waals surface area (Å²) in [6.07, 6.45) is 2.46. The van der Waals surface area contributed by atoms with Gasteiger partial charge in [-0.05, 0) is 49.2 Å². The lowest BCUT2D eigenvalue weighted by atomic mass is 9.92. The number of aromatic nitrogens is 1. The normalized spacial score (nSPS) is 21.8. The number of rotatable bonds is 3. The molecule has 154 valence electrons. The van der Waals surface area contributed by atoms with E-state index in [0.29, 0.717) is 0 Å². The second-order valence-corrected chi connectivity index (χ2v) is 9.05. The van der Waals surface area contributed by atoms with Crippen LogP contribution in [0.1, 0.15) is 29.3 Å². The number of nitrogens with zero attached hydrogens (tertiary/aromatic N) is 3. The summed E-state index contributed by atoms with van der Waals surface area (Å²) in [5.41, 5.74) is 4.50. The predicted molar refractivity (Wildman–Crippen MR) is 105 cm³/mol. The molecule has 0 saturated heterocycles. The second-order valence-electron chi connectivity index (χ2n) is 7.04. The molecule has 0 spiro atoms. The third-order valence-electron chi connectivity index (χ3n) is 4.64. The number of hydrogen-bond donors (Lipinski definition) is 1. The van der Waals surface area contributed by atoms with Crippen molar-refractivity contribution in [2.45, 2.75) is 19.4 Å². The summed E-state index contributed by atoms with van der Waals surface area (Å²) < 4.78 is 68.8. The van der Waals surface area contributed by atoms with Gasteiger partial charge >= 0.3 is 0 Å². The fourth-order valence-corrected chi connectivity index (χ4v) is 4.45. The average Bonchev–Trinajstić information content (AvgIpc) is 2.62. The van der Waals surface area contributed by atoms with Gasteiger partial charge in [0, 0.05) is 18.8 Å². The zero-order valence-corrected chi connectivity index (χ0v) is 16.8. The van der Waals surface area contributed by atoms with E-state index < -0.39 is 38.8 Å². The van der Waals surface area contributed by atoms with Crippen molar-refractivity contribution in [2.75, 3.05) is 12.8 Å². The lowest BCUT2D eigenvalue weighted by Gasteiger charge is -2.34. The fraction of sp³-hybridized carbons (Fsp3) is 0.263. The van der Waals surface area contributed by atoms with Crippen molar-refractivity contribution in [1.82, 2.24) is 9.29 Å². The SMILES string of the molecule is Cc1ccc(/C(F)=C/c2cc(F)c(F)c([C@]3(C)CS(=O)(=O)N(C)C(N)=N3)c2)nc1. The number of pyridine rings is 1. The maximum Gasteiger partial charge on any atom is 0.239 e. The number of aliphatic imine (C=N–C) groups is 1. The molecule has 1 aliphatic heterocycles. The Labute approximate surface area is 166 Å². The molecule has 1 aromatic carbocycles. The Morgan fingerprint density at radius 1 is 1.31 bits per heavy atom. The first kappa shape index (κ1) is 20.8. The number of nitrogens with two attached hydrogens (primary N) is 1. The molecule has 0 fully saturated rings. The van der Waals surface area contributed by atoms with E-state index in [2.05, 4.69) is 9.98 Å². The molecule has 2 aromatic rings. The lowest BCUT2D eigenvalue weighted by Crippen LogP contribution is -2.50. The van der Waals surface area contributed by atoms with Gasteiger partial charge < -0.3 is 5.73 Å². The monoisotopic (exact) mass is 424 g/mol. The molecule has 2 heterocycles. The first-order valence-electron chi connectivity index (χ1n) is 8.55. The van der Waals surface area contributed by atoms with Crippen molar-refractivity contribution in [3.8, 4) is 0 Å². The van der Waals surface area contributed by atoms with Crippen molar-refractivity contribution in [3.63, 3.8) is 0 Å². The summed E-state index contributed by atoms with van der Waals surface area (Å²) in [6.45, 7) is 3.12. The van der Waals surface area contributed by atoms with Gasteiger partial charge in [0.1, 0.15) is 11.4 Å². The Bertz CT molecular complexity index is 1130. The van der Waals surface area contributed by atoms with Crippen molar-refractivity contribution in [3.05, 3.63) is 64.5 Å². The van der Waals surface area contributed by atoms with E-state index in [0.717, 1.165) is 28.1 Å². The molecule has 1 aliphatic rings.